The molecule has 18 heteroatoms. The molecule has 3 aliphatic heterocycles. The van der Waals surface area contributed by atoms with Crippen LogP contribution in [-0.4, -0.2) is 111 Å². The van der Waals surface area contributed by atoms with Crippen molar-refractivity contribution >= 4 is 46.8 Å². The normalized spacial score (nSPS) is 18.5. The highest BCUT2D eigenvalue weighted by Gasteiger charge is 2.46. The lowest BCUT2D eigenvalue weighted by Gasteiger charge is -2.36. The number of Topliss-reactive ketones (excluding diaryl/α,β-unsaturated/α-hetero) is 1. The van der Waals surface area contributed by atoms with Crippen LogP contribution in [0.5, 0.6) is 0 Å². The number of anilines is 2. The van der Waals surface area contributed by atoms with Gasteiger partial charge in [-0.15, -0.1) is 0 Å². The van der Waals surface area contributed by atoms with Crippen LogP contribution in [0.1, 0.15) is 169 Å². The summed E-state index contributed by atoms with van der Waals surface area (Å²) in [5.41, 5.74) is 12.0. The van der Waals surface area contributed by atoms with Gasteiger partial charge >= 0.3 is 0 Å². The Morgan fingerprint density at radius 1 is 0.922 bits per heavy atom. The van der Waals surface area contributed by atoms with Gasteiger partial charge in [-0.1, -0.05) is 83.7 Å². The molecule has 2 fully saturated rings. The molecule has 77 heavy (non-hydrogen) atoms. The fourth-order valence-electron chi connectivity index (χ4n) is 11.2. The highest BCUT2D eigenvalue weighted by Crippen LogP contribution is 2.43. The van der Waals surface area contributed by atoms with Crippen LogP contribution in [0.2, 0.25) is 0 Å². The Morgan fingerprint density at radius 3 is 2.32 bits per heavy atom. The highest BCUT2D eigenvalue weighted by atomic mass is 19.1. The van der Waals surface area contributed by atoms with E-state index < -0.39 is 35.4 Å². The minimum absolute atomic E-state index is 0.134. The topological polar surface area (TPSA) is 217 Å². The number of carbonyl (C=O) groups is 6. The maximum absolute atomic E-state index is 14.7. The smallest absolute Gasteiger partial charge is 0.254 e. The largest absolute Gasteiger partial charge is 0.382 e. The van der Waals surface area contributed by atoms with E-state index in [-0.39, 0.29) is 66.9 Å². The van der Waals surface area contributed by atoms with Gasteiger partial charge in [0.1, 0.15) is 29.5 Å². The lowest BCUT2D eigenvalue weighted by Crippen LogP contribution is -2.59. The monoisotopic (exact) mass is 1060 g/mol. The number of aromatic nitrogens is 3. The second-order valence-corrected chi connectivity index (χ2v) is 22.5. The van der Waals surface area contributed by atoms with Crippen LogP contribution in [-0.2, 0) is 37.1 Å². The number of ketones is 1. The molecule has 2 aromatic carbocycles. The van der Waals surface area contributed by atoms with Crippen molar-refractivity contribution < 1.29 is 33.2 Å². The van der Waals surface area contributed by atoms with Crippen molar-refractivity contribution in [1.29, 1.82) is 0 Å². The number of nitrogens with two attached hydrogens (primary N) is 1. The number of halogens is 1. The van der Waals surface area contributed by atoms with E-state index in [0.717, 1.165) is 73.0 Å². The minimum Gasteiger partial charge on any atom is -0.382 e. The predicted molar refractivity (Wildman–Crippen MR) is 297 cm³/mol. The Hall–Kier alpha value is -6.69. The molecule has 17 nitrogen and oxygen atoms in total. The van der Waals surface area contributed by atoms with Crippen molar-refractivity contribution in [2.45, 2.75) is 181 Å². The number of aryl methyl sites for hydroxylation is 1. The molecule has 5 heterocycles. The number of benzene rings is 2. The van der Waals surface area contributed by atoms with Gasteiger partial charge < -0.3 is 41.7 Å². The molecular weight excluding hydrogens is 978 g/mol. The SMILES string of the molecule is CC[C@H](NC(=O)[C@H]1C[C@@H](NC(=O)CCCCCCCCC(=O)CCCn2nc3c(c2C)-c2cnc(N)c(c2)N2CCC[C@@H]2c2cc(F)ccc2C(=O)N(C)C3)CN1C(=O)[C@H](NC(=O)[C@@H](C)NC)C(C)(C)C)c1ccccc1. The molecule has 0 saturated carbocycles. The van der Waals surface area contributed by atoms with E-state index in [1.165, 1.54) is 17.0 Å². The Labute approximate surface area is 454 Å². The molecule has 2 saturated heterocycles. The fraction of sp³-hybridized carbons (Fsp3) is 0.559. The molecule has 5 amide bonds. The van der Waals surface area contributed by atoms with Crippen LogP contribution in [0.25, 0.3) is 11.1 Å². The Balaban J connectivity index is 0.865. The summed E-state index contributed by atoms with van der Waals surface area (Å²) in [6.07, 6.45) is 11.2. The number of hydrogen-bond donors (Lipinski definition) is 5. The van der Waals surface area contributed by atoms with Gasteiger partial charge in [0.2, 0.25) is 23.6 Å². The van der Waals surface area contributed by atoms with Gasteiger partial charge in [-0.25, -0.2) is 9.37 Å². The van der Waals surface area contributed by atoms with E-state index in [1.54, 1.807) is 38.2 Å². The minimum atomic E-state index is -0.907. The summed E-state index contributed by atoms with van der Waals surface area (Å²) in [4.78, 5) is 91.9. The third-order valence-electron chi connectivity index (χ3n) is 15.7. The quantitative estimate of drug-likeness (QED) is 0.0478. The molecule has 6 atom stereocenters. The lowest BCUT2D eigenvalue weighted by molar-refractivity contribution is -0.144. The first-order valence-electron chi connectivity index (χ1n) is 27.9. The Kier molecular flexibility index (Phi) is 19.7. The molecule has 2 aromatic heterocycles. The van der Waals surface area contributed by atoms with Gasteiger partial charge in [0.05, 0.1) is 36.1 Å². The highest BCUT2D eigenvalue weighted by molar-refractivity contribution is 5.96. The van der Waals surface area contributed by atoms with Crippen LogP contribution in [0.15, 0.2) is 60.8 Å². The van der Waals surface area contributed by atoms with E-state index in [4.69, 9.17) is 10.8 Å². The number of rotatable bonds is 22. The number of hydrogen-bond acceptors (Lipinski definition) is 11. The molecule has 7 rings (SSSR count). The third-order valence-corrected chi connectivity index (χ3v) is 15.7. The van der Waals surface area contributed by atoms with Crippen molar-refractivity contribution in [3.05, 3.63) is 94.7 Å². The first kappa shape index (κ1) is 58.0. The Bertz CT molecular complexity index is 2740. The van der Waals surface area contributed by atoms with Gasteiger partial charge in [0.15, 0.2) is 0 Å². The number of likely N-dealkylation sites (N-methyl/N-ethyl adjacent to an activating group) is 1. The maximum atomic E-state index is 14.7. The van der Waals surface area contributed by atoms with E-state index in [2.05, 4.69) is 31.2 Å². The predicted octanol–water partition coefficient (Wildman–Crippen LogP) is 7.86. The number of nitrogen functional groups attached to an aromatic ring is 1. The summed E-state index contributed by atoms with van der Waals surface area (Å²) in [7, 11) is 3.41. The second kappa shape index (κ2) is 26.1. The number of unbranched alkanes of at least 4 members (excludes halogenated alkanes) is 5. The molecule has 0 aliphatic carbocycles. The van der Waals surface area contributed by atoms with Crippen LogP contribution in [0.3, 0.4) is 0 Å². The summed E-state index contributed by atoms with van der Waals surface area (Å²) < 4.78 is 16.7. The number of carbonyl (C=O) groups excluding carboxylic acids is 6. The van der Waals surface area contributed by atoms with Crippen molar-refractivity contribution in [3.63, 3.8) is 0 Å². The fourth-order valence-corrected chi connectivity index (χ4v) is 11.2. The number of fused-ring (bicyclic) bond motifs is 8. The zero-order valence-corrected chi connectivity index (χ0v) is 46.6. The lowest BCUT2D eigenvalue weighted by atomic mass is 9.85. The van der Waals surface area contributed by atoms with Crippen molar-refractivity contribution in [3.8, 4) is 11.1 Å². The van der Waals surface area contributed by atoms with Gasteiger partial charge in [-0.2, -0.15) is 5.10 Å². The van der Waals surface area contributed by atoms with Crippen molar-refractivity contribution in [1.82, 2.24) is 45.8 Å². The number of amides is 5. The molecule has 6 N–H and O–H groups in total. The second-order valence-electron chi connectivity index (χ2n) is 22.5. The van der Waals surface area contributed by atoms with Crippen molar-refractivity contribution in [2.24, 2.45) is 5.41 Å². The van der Waals surface area contributed by atoms with E-state index in [1.807, 2.05) is 75.7 Å². The van der Waals surface area contributed by atoms with Crippen LogP contribution in [0, 0.1) is 18.2 Å². The maximum Gasteiger partial charge on any atom is 0.254 e. The molecule has 416 valence electrons. The van der Waals surface area contributed by atoms with E-state index in [9.17, 15) is 33.2 Å². The summed E-state index contributed by atoms with van der Waals surface area (Å²) in [6.45, 7) is 12.9. The van der Waals surface area contributed by atoms with Crippen molar-refractivity contribution in [2.75, 3.05) is 37.8 Å². The number of nitrogens with zero attached hydrogens (tertiary/aromatic N) is 6. The molecule has 0 unspecified atom stereocenters. The van der Waals surface area contributed by atoms with Crippen LogP contribution >= 0.6 is 0 Å². The zero-order chi connectivity index (χ0) is 55.6. The Morgan fingerprint density at radius 2 is 1.62 bits per heavy atom. The van der Waals surface area contributed by atoms with E-state index >= 15 is 0 Å². The van der Waals surface area contributed by atoms with E-state index in [0.29, 0.717) is 74.3 Å². The third kappa shape index (κ3) is 14.3. The first-order valence-corrected chi connectivity index (χ1v) is 27.9. The molecule has 0 radical (unpaired) electrons. The van der Waals surface area contributed by atoms with Crippen LogP contribution in [0.4, 0.5) is 15.9 Å². The average molecular weight is 1060 g/mol. The molecule has 2 bridgehead atoms. The molecular formula is C59H82FN11O6. The molecule has 4 aromatic rings. The van der Waals surface area contributed by atoms with Gasteiger partial charge in [0, 0.05) is 80.6 Å². The first-order chi connectivity index (χ1) is 36.8. The van der Waals surface area contributed by atoms with Gasteiger partial charge in [-0.3, -0.25) is 33.4 Å². The van der Waals surface area contributed by atoms with Gasteiger partial charge in [-0.05, 0) is 107 Å². The number of nitrogens with one attached hydrogen (secondary N) is 4. The van der Waals surface area contributed by atoms with Crippen LogP contribution < -0.4 is 31.9 Å². The van der Waals surface area contributed by atoms with Gasteiger partial charge in [0.25, 0.3) is 5.91 Å². The summed E-state index contributed by atoms with van der Waals surface area (Å²) in [5.74, 6) is -1.16. The summed E-state index contributed by atoms with van der Waals surface area (Å²) in [6, 6.07) is 12.9. The number of likely N-dealkylation sites (tertiary alicyclic amines) is 1. The summed E-state index contributed by atoms with van der Waals surface area (Å²) in [5, 5.41) is 17.1. The standard InChI is InChI=1S/C59H82FN11O6/c1-9-46(39-21-15-14-16-22-39)65-56(75)50-33-42(35-70(50)58(77)53(59(4,5)6)66-55(74)37(2)62-7)64-51(73)26-18-13-11-10-12-17-23-43(72)24-19-30-71-38(3)52-40-31-49(54(61)63-34-40)69-29-20-25-48(69)45-32-41(60)27-28-44(45)57(76)68(8)36-47(52)67-71/h14-16,21-22,27-28,31-32,34,37,42,46,48,50,53,62H,9-13,17-20,23-26,29-30,33,35-36H2,1-8H3,(H2,61,63)(H,64,73)(H,65,75)(H,66,74)/t37-,42-,46+,48-,50-,53+/m1/s1. The zero-order valence-electron chi connectivity index (χ0n) is 46.6. The number of pyridine rings is 1. The molecule has 0 spiro atoms. The molecule has 3 aliphatic rings. The summed E-state index contributed by atoms with van der Waals surface area (Å²) >= 11 is 0. The average Bonchev–Trinajstić information content (AvgIpc) is 4.14.